The van der Waals surface area contributed by atoms with Crippen molar-refractivity contribution in [3.63, 3.8) is 0 Å². The molecule has 0 amide bonds. The molecule has 2 aromatic carbocycles. The van der Waals surface area contributed by atoms with Gasteiger partial charge in [0.25, 0.3) is 0 Å². The fraction of sp³-hybridized carbons (Fsp3) is 0.381. The summed E-state index contributed by atoms with van der Waals surface area (Å²) in [5, 5.41) is 6.75. The predicted molar refractivity (Wildman–Crippen MR) is 123 cm³/mol. The van der Waals surface area contributed by atoms with Gasteiger partial charge in [-0.1, -0.05) is 36.4 Å². The van der Waals surface area contributed by atoms with Gasteiger partial charge in [-0.05, 0) is 36.6 Å². The van der Waals surface area contributed by atoms with Crippen molar-refractivity contribution in [1.29, 1.82) is 0 Å². The maximum atomic E-state index is 5.69. The summed E-state index contributed by atoms with van der Waals surface area (Å²) >= 11 is 0. The number of rotatable bonds is 7. The van der Waals surface area contributed by atoms with Crippen LogP contribution < -0.4 is 20.3 Å². The van der Waals surface area contributed by atoms with Crippen molar-refractivity contribution in [2.45, 2.75) is 6.42 Å². The van der Waals surface area contributed by atoms with Gasteiger partial charge in [0.1, 0.15) is 12.4 Å². The summed E-state index contributed by atoms with van der Waals surface area (Å²) in [5.74, 6) is 2.36. The normalized spacial score (nSPS) is 16.6. The largest absolute Gasteiger partial charge is 0.492 e. The average molecular weight is 480 g/mol. The van der Waals surface area contributed by atoms with Crippen LogP contribution in [0.1, 0.15) is 6.42 Å². The lowest BCUT2D eigenvalue weighted by Gasteiger charge is -2.19. The van der Waals surface area contributed by atoms with Crippen LogP contribution in [0.4, 0.5) is 5.69 Å². The molecule has 3 rings (SSSR count). The standard InChI is InChI=1S/C21H28N4O.HI/c1-22-21(23-13-15-26-20-10-6-3-7-11-20)24-16-18-12-14-25(17-18)19-8-4-2-5-9-19;/h2-11,18H,12-17H2,1H3,(H2,22,23,24);1H. The van der Waals surface area contributed by atoms with Crippen LogP contribution in [0, 0.1) is 5.92 Å². The third-order valence-corrected chi connectivity index (χ3v) is 4.60. The van der Waals surface area contributed by atoms with Gasteiger partial charge in [-0.3, -0.25) is 4.99 Å². The van der Waals surface area contributed by atoms with Crippen LogP contribution >= 0.6 is 24.0 Å². The van der Waals surface area contributed by atoms with Crippen molar-refractivity contribution < 1.29 is 4.74 Å². The Kier molecular flexibility index (Phi) is 9.24. The number of halogens is 1. The Hall–Kier alpha value is -1.96. The number of anilines is 1. The first kappa shape index (κ1) is 21.3. The van der Waals surface area contributed by atoms with E-state index in [0.29, 0.717) is 12.5 Å². The van der Waals surface area contributed by atoms with E-state index >= 15 is 0 Å². The molecule has 27 heavy (non-hydrogen) atoms. The first-order chi connectivity index (χ1) is 12.8. The fourth-order valence-electron chi connectivity index (χ4n) is 3.19. The smallest absolute Gasteiger partial charge is 0.191 e. The molecule has 0 aromatic heterocycles. The Labute approximate surface area is 179 Å². The monoisotopic (exact) mass is 480 g/mol. The molecular weight excluding hydrogens is 451 g/mol. The minimum absolute atomic E-state index is 0. The second-order valence-corrected chi connectivity index (χ2v) is 6.48. The second-order valence-electron chi connectivity index (χ2n) is 6.48. The van der Waals surface area contributed by atoms with Crippen molar-refractivity contribution in [2.75, 3.05) is 44.7 Å². The zero-order valence-corrected chi connectivity index (χ0v) is 18.1. The molecule has 2 aromatic rings. The summed E-state index contributed by atoms with van der Waals surface area (Å²) in [5.41, 5.74) is 1.32. The van der Waals surface area contributed by atoms with E-state index in [-0.39, 0.29) is 24.0 Å². The Morgan fingerprint density at radius 1 is 1.07 bits per heavy atom. The summed E-state index contributed by atoms with van der Waals surface area (Å²) in [6.07, 6.45) is 1.20. The zero-order chi connectivity index (χ0) is 18.0. The molecule has 1 aliphatic heterocycles. The van der Waals surface area contributed by atoms with Gasteiger partial charge in [0.05, 0.1) is 6.54 Å². The van der Waals surface area contributed by atoms with Crippen LogP contribution in [0.3, 0.4) is 0 Å². The number of aliphatic imine (C=N–C) groups is 1. The van der Waals surface area contributed by atoms with Crippen molar-refractivity contribution in [3.8, 4) is 5.75 Å². The van der Waals surface area contributed by atoms with Gasteiger partial charge in [0, 0.05) is 32.4 Å². The van der Waals surface area contributed by atoms with Crippen LogP contribution in [0.5, 0.6) is 5.75 Å². The Balaban J connectivity index is 0.00000261. The summed E-state index contributed by atoms with van der Waals surface area (Å²) in [7, 11) is 1.80. The number of hydrogen-bond acceptors (Lipinski definition) is 3. The topological polar surface area (TPSA) is 48.9 Å². The number of guanidine groups is 1. The molecule has 0 spiro atoms. The van der Waals surface area contributed by atoms with Crippen molar-refractivity contribution in [1.82, 2.24) is 10.6 Å². The molecule has 1 atom stereocenters. The van der Waals surface area contributed by atoms with Crippen LogP contribution in [-0.2, 0) is 0 Å². The molecule has 1 aliphatic rings. The van der Waals surface area contributed by atoms with Crippen molar-refractivity contribution >= 4 is 35.6 Å². The number of ether oxygens (including phenoxy) is 1. The molecule has 2 N–H and O–H groups in total. The Bertz CT molecular complexity index is 681. The van der Waals surface area contributed by atoms with E-state index in [4.69, 9.17) is 4.74 Å². The first-order valence-corrected chi connectivity index (χ1v) is 9.27. The van der Waals surface area contributed by atoms with Crippen LogP contribution in [0.2, 0.25) is 0 Å². The average Bonchev–Trinajstić information content (AvgIpc) is 3.18. The van der Waals surface area contributed by atoms with Gasteiger partial charge in [-0.2, -0.15) is 0 Å². The molecular formula is C21H29IN4O. The molecule has 1 unspecified atom stereocenters. The Morgan fingerprint density at radius 2 is 1.78 bits per heavy atom. The lowest BCUT2D eigenvalue weighted by Crippen LogP contribution is -2.41. The minimum Gasteiger partial charge on any atom is -0.492 e. The quantitative estimate of drug-likeness (QED) is 0.276. The van der Waals surface area contributed by atoms with Gasteiger partial charge >= 0.3 is 0 Å². The molecule has 1 fully saturated rings. The van der Waals surface area contributed by atoms with Crippen molar-refractivity contribution in [3.05, 3.63) is 60.7 Å². The number of benzene rings is 2. The summed E-state index contributed by atoms with van der Waals surface area (Å²) in [6, 6.07) is 20.5. The first-order valence-electron chi connectivity index (χ1n) is 9.27. The van der Waals surface area contributed by atoms with E-state index in [1.54, 1.807) is 7.05 Å². The summed E-state index contributed by atoms with van der Waals surface area (Å²) < 4.78 is 5.69. The van der Waals surface area contributed by atoms with Crippen molar-refractivity contribution in [2.24, 2.45) is 10.9 Å². The number of hydrogen-bond donors (Lipinski definition) is 2. The third kappa shape index (κ3) is 6.93. The van der Waals surface area contributed by atoms with Gasteiger partial charge in [-0.15, -0.1) is 24.0 Å². The van der Waals surface area contributed by atoms with E-state index in [2.05, 4.69) is 50.9 Å². The summed E-state index contributed by atoms with van der Waals surface area (Å²) in [4.78, 5) is 6.75. The van der Waals surface area contributed by atoms with E-state index in [1.807, 2.05) is 30.3 Å². The Morgan fingerprint density at radius 3 is 2.48 bits per heavy atom. The van der Waals surface area contributed by atoms with E-state index in [0.717, 1.165) is 37.9 Å². The molecule has 1 saturated heterocycles. The fourth-order valence-corrected chi connectivity index (χ4v) is 3.19. The van der Waals surface area contributed by atoms with Crippen LogP contribution in [0.15, 0.2) is 65.7 Å². The third-order valence-electron chi connectivity index (χ3n) is 4.60. The van der Waals surface area contributed by atoms with Gasteiger partial charge in [-0.25, -0.2) is 0 Å². The lowest BCUT2D eigenvalue weighted by atomic mass is 10.1. The molecule has 0 aliphatic carbocycles. The van der Waals surface area contributed by atoms with Gasteiger partial charge in [0.2, 0.25) is 0 Å². The molecule has 1 heterocycles. The maximum absolute atomic E-state index is 5.69. The second kappa shape index (κ2) is 11.7. The molecule has 0 bridgehead atoms. The number of nitrogens with zero attached hydrogens (tertiary/aromatic N) is 2. The highest BCUT2D eigenvalue weighted by Crippen LogP contribution is 2.22. The van der Waals surface area contributed by atoms with Gasteiger partial charge < -0.3 is 20.3 Å². The molecule has 0 saturated carbocycles. The lowest BCUT2D eigenvalue weighted by molar-refractivity contribution is 0.322. The zero-order valence-electron chi connectivity index (χ0n) is 15.8. The maximum Gasteiger partial charge on any atom is 0.191 e. The highest BCUT2D eigenvalue weighted by Gasteiger charge is 2.22. The van der Waals surface area contributed by atoms with E-state index in [1.165, 1.54) is 12.1 Å². The number of nitrogens with one attached hydrogen (secondary N) is 2. The number of para-hydroxylation sites is 2. The summed E-state index contributed by atoms with van der Waals surface area (Å²) in [6.45, 7) is 4.46. The van der Waals surface area contributed by atoms with Gasteiger partial charge in [0.15, 0.2) is 5.96 Å². The van der Waals surface area contributed by atoms with Crippen LogP contribution in [0.25, 0.3) is 0 Å². The van der Waals surface area contributed by atoms with E-state index in [9.17, 15) is 0 Å². The molecule has 6 heteroatoms. The highest BCUT2D eigenvalue weighted by atomic mass is 127. The van der Waals surface area contributed by atoms with E-state index < -0.39 is 0 Å². The molecule has 146 valence electrons. The SMILES string of the molecule is CN=C(NCCOc1ccccc1)NCC1CCN(c2ccccc2)C1.I. The predicted octanol–water partition coefficient (Wildman–Crippen LogP) is 3.37. The molecule has 5 nitrogen and oxygen atoms in total. The molecule has 0 radical (unpaired) electrons. The highest BCUT2D eigenvalue weighted by molar-refractivity contribution is 14.0. The minimum atomic E-state index is 0. The van der Waals surface area contributed by atoms with Crippen LogP contribution in [-0.4, -0.2) is 45.8 Å².